The fourth-order valence-electron chi connectivity index (χ4n) is 5.20. The normalized spacial score (nSPS) is 15.9. The quantitative estimate of drug-likeness (QED) is 0.203. The number of hydrogen-bond donors (Lipinski definition) is 2. The summed E-state index contributed by atoms with van der Waals surface area (Å²) in [7, 11) is 0. The van der Waals surface area contributed by atoms with Crippen LogP contribution in [0.25, 0.3) is 10.9 Å². The number of ether oxygens (including phenoxy) is 3. The fraction of sp³-hybridized carbons (Fsp3) is 0.455. The highest BCUT2D eigenvalue weighted by Gasteiger charge is 2.25. The van der Waals surface area contributed by atoms with Gasteiger partial charge in [0.1, 0.15) is 23.5 Å². The average Bonchev–Trinajstić information content (AvgIpc) is 3.00. The van der Waals surface area contributed by atoms with Crippen LogP contribution in [0.15, 0.2) is 58.8 Å². The van der Waals surface area contributed by atoms with Crippen LogP contribution < -0.4 is 15.4 Å². The number of hydrogen-bond acceptors (Lipinski definition) is 9. The van der Waals surface area contributed by atoms with Gasteiger partial charge in [0.25, 0.3) is 0 Å². The summed E-state index contributed by atoms with van der Waals surface area (Å²) in [6.45, 7) is 11.3. The maximum absolute atomic E-state index is 13.3. The van der Waals surface area contributed by atoms with Gasteiger partial charge in [0.05, 0.1) is 31.0 Å². The van der Waals surface area contributed by atoms with E-state index < -0.39 is 5.60 Å². The number of piperidine rings is 1. The summed E-state index contributed by atoms with van der Waals surface area (Å²) in [5.41, 5.74) is 2.51. The van der Waals surface area contributed by atoms with E-state index in [0.717, 1.165) is 60.4 Å². The minimum atomic E-state index is -0.548. The SMILES string of the molecule is CC(C)(C)OC(=O)N1CCC(=CC(=O)Nc2cc3c(Nc4cccc(Br)c4)ncnc3cc2OCCCN2CCOCC2)CC1. The van der Waals surface area contributed by atoms with E-state index in [1.54, 1.807) is 11.0 Å². The van der Waals surface area contributed by atoms with Crippen molar-refractivity contribution in [1.29, 1.82) is 0 Å². The Morgan fingerprint density at radius 1 is 1.07 bits per heavy atom. The Hall–Kier alpha value is -3.74. The number of benzene rings is 2. The molecule has 3 aromatic rings. The van der Waals surface area contributed by atoms with Gasteiger partial charge in [0, 0.05) is 60.4 Å². The Kier molecular flexibility index (Phi) is 10.9. The number of likely N-dealkylation sites (tertiary alicyclic amines) is 1. The molecule has 11 nitrogen and oxygen atoms in total. The molecule has 3 heterocycles. The number of rotatable bonds is 9. The van der Waals surface area contributed by atoms with E-state index in [0.29, 0.717) is 55.3 Å². The van der Waals surface area contributed by atoms with Gasteiger partial charge in [0.2, 0.25) is 5.91 Å². The van der Waals surface area contributed by atoms with Gasteiger partial charge in [-0.2, -0.15) is 0 Å². The Morgan fingerprint density at radius 2 is 1.84 bits per heavy atom. The number of fused-ring (bicyclic) bond motifs is 1. The van der Waals surface area contributed by atoms with Gasteiger partial charge in [-0.05, 0) is 64.3 Å². The summed E-state index contributed by atoms with van der Waals surface area (Å²) < 4.78 is 18.1. The van der Waals surface area contributed by atoms with Crippen molar-refractivity contribution >= 4 is 56.0 Å². The maximum Gasteiger partial charge on any atom is 0.410 e. The molecule has 2 aliphatic rings. The second-order valence-corrected chi connectivity index (χ2v) is 13.1. The number of carbonyl (C=O) groups is 2. The van der Waals surface area contributed by atoms with Crippen LogP contribution in [0.1, 0.15) is 40.0 Å². The summed E-state index contributed by atoms with van der Waals surface area (Å²) >= 11 is 3.51. The number of anilines is 3. The fourth-order valence-corrected chi connectivity index (χ4v) is 5.60. The van der Waals surface area contributed by atoms with Crippen LogP contribution in [0, 0.1) is 0 Å². The highest BCUT2D eigenvalue weighted by Crippen LogP contribution is 2.34. The molecule has 2 aromatic carbocycles. The van der Waals surface area contributed by atoms with Gasteiger partial charge in [-0.3, -0.25) is 9.69 Å². The molecular weight excluding hydrogens is 640 g/mol. The van der Waals surface area contributed by atoms with Crippen LogP contribution in [0.3, 0.4) is 0 Å². The smallest absolute Gasteiger partial charge is 0.410 e. The first-order valence-electron chi connectivity index (χ1n) is 15.4. The lowest BCUT2D eigenvalue weighted by atomic mass is 10.0. The molecule has 240 valence electrons. The number of morpholine rings is 1. The maximum atomic E-state index is 13.3. The van der Waals surface area contributed by atoms with Crippen molar-refractivity contribution in [3.05, 3.63) is 58.8 Å². The monoisotopic (exact) mass is 680 g/mol. The highest BCUT2D eigenvalue weighted by atomic mass is 79.9. The molecule has 12 heteroatoms. The second kappa shape index (κ2) is 15.0. The van der Waals surface area contributed by atoms with Crippen LogP contribution in [0.4, 0.5) is 22.0 Å². The molecule has 2 saturated heterocycles. The first-order valence-corrected chi connectivity index (χ1v) is 16.1. The zero-order valence-electron chi connectivity index (χ0n) is 26.1. The Labute approximate surface area is 272 Å². The first-order chi connectivity index (χ1) is 21.6. The topological polar surface area (TPSA) is 118 Å². The van der Waals surface area contributed by atoms with E-state index in [2.05, 4.69) is 41.4 Å². The zero-order valence-corrected chi connectivity index (χ0v) is 27.7. The summed E-state index contributed by atoms with van der Waals surface area (Å²) in [5, 5.41) is 7.15. The molecule has 0 radical (unpaired) electrons. The molecule has 0 unspecified atom stereocenters. The van der Waals surface area contributed by atoms with Crippen molar-refractivity contribution in [3.63, 3.8) is 0 Å². The molecule has 1 aromatic heterocycles. The molecule has 45 heavy (non-hydrogen) atoms. The van der Waals surface area contributed by atoms with E-state index in [4.69, 9.17) is 14.2 Å². The van der Waals surface area contributed by atoms with Crippen molar-refractivity contribution in [2.75, 3.05) is 63.2 Å². The number of nitrogens with one attached hydrogen (secondary N) is 2. The van der Waals surface area contributed by atoms with Gasteiger partial charge in [-0.1, -0.05) is 27.6 Å². The van der Waals surface area contributed by atoms with Crippen molar-refractivity contribution in [1.82, 2.24) is 19.8 Å². The summed E-state index contributed by atoms with van der Waals surface area (Å²) in [4.78, 5) is 38.8. The third-order valence-corrected chi connectivity index (χ3v) is 7.95. The standard InChI is InChI=1S/C33H41BrN6O5/c1-33(2,3)45-32(42)40-11-8-23(9-12-40)18-30(41)38-28-20-26-27(21-29(28)44-15-5-10-39-13-16-43-17-14-39)35-22-36-31(26)37-25-7-4-6-24(34)19-25/h4,6-7,18-22H,5,8-17H2,1-3H3,(H,38,41)(H,35,36,37). The van der Waals surface area contributed by atoms with Crippen LogP contribution >= 0.6 is 15.9 Å². The van der Waals surface area contributed by atoms with E-state index in [9.17, 15) is 9.59 Å². The number of amides is 2. The lowest BCUT2D eigenvalue weighted by Crippen LogP contribution is -2.40. The number of halogens is 1. The third-order valence-electron chi connectivity index (χ3n) is 7.45. The first kappa shape index (κ1) is 32.6. The van der Waals surface area contributed by atoms with Gasteiger partial charge < -0.3 is 29.7 Å². The predicted molar refractivity (Wildman–Crippen MR) is 178 cm³/mol. The largest absolute Gasteiger partial charge is 0.491 e. The molecule has 0 atom stereocenters. The number of aromatic nitrogens is 2. The molecule has 5 rings (SSSR count). The minimum absolute atomic E-state index is 0.258. The summed E-state index contributed by atoms with van der Waals surface area (Å²) in [6, 6.07) is 11.5. The van der Waals surface area contributed by atoms with Crippen molar-refractivity contribution < 1.29 is 23.8 Å². The number of carbonyl (C=O) groups excluding carboxylic acids is 2. The van der Waals surface area contributed by atoms with E-state index in [1.807, 2.05) is 57.2 Å². The highest BCUT2D eigenvalue weighted by molar-refractivity contribution is 9.10. The number of nitrogens with zero attached hydrogens (tertiary/aromatic N) is 4. The molecule has 2 aliphatic heterocycles. The average molecular weight is 682 g/mol. The second-order valence-electron chi connectivity index (χ2n) is 12.1. The lowest BCUT2D eigenvalue weighted by Gasteiger charge is -2.30. The molecule has 2 fully saturated rings. The zero-order chi connectivity index (χ0) is 31.8. The minimum Gasteiger partial charge on any atom is -0.491 e. The third kappa shape index (κ3) is 9.62. The Bertz CT molecular complexity index is 1530. The van der Waals surface area contributed by atoms with Crippen molar-refractivity contribution in [3.8, 4) is 5.75 Å². The molecule has 0 spiro atoms. The molecule has 0 saturated carbocycles. The van der Waals surface area contributed by atoms with E-state index in [1.165, 1.54) is 6.33 Å². The summed E-state index contributed by atoms with van der Waals surface area (Å²) in [6.07, 6.45) is 4.85. The molecular formula is C33H41BrN6O5. The Balaban J connectivity index is 1.32. The van der Waals surface area contributed by atoms with Crippen molar-refractivity contribution in [2.45, 2.75) is 45.6 Å². The van der Waals surface area contributed by atoms with E-state index >= 15 is 0 Å². The van der Waals surface area contributed by atoms with Gasteiger partial charge in [-0.25, -0.2) is 14.8 Å². The Morgan fingerprint density at radius 3 is 2.58 bits per heavy atom. The molecule has 0 aliphatic carbocycles. The van der Waals surface area contributed by atoms with E-state index in [-0.39, 0.29) is 12.0 Å². The van der Waals surface area contributed by atoms with Gasteiger partial charge in [-0.15, -0.1) is 0 Å². The van der Waals surface area contributed by atoms with Crippen LogP contribution in [0.2, 0.25) is 0 Å². The van der Waals surface area contributed by atoms with Gasteiger partial charge >= 0.3 is 6.09 Å². The summed E-state index contributed by atoms with van der Waals surface area (Å²) in [5.74, 6) is 0.898. The van der Waals surface area contributed by atoms with Crippen LogP contribution in [-0.4, -0.2) is 89.9 Å². The predicted octanol–water partition coefficient (Wildman–Crippen LogP) is 6.13. The molecule has 0 bridgehead atoms. The van der Waals surface area contributed by atoms with Crippen LogP contribution in [-0.2, 0) is 14.3 Å². The molecule has 2 amide bonds. The van der Waals surface area contributed by atoms with Crippen LogP contribution in [0.5, 0.6) is 5.75 Å². The van der Waals surface area contributed by atoms with Gasteiger partial charge in [0.15, 0.2) is 0 Å². The molecule has 2 N–H and O–H groups in total. The lowest BCUT2D eigenvalue weighted by molar-refractivity contribution is -0.112. The van der Waals surface area contributed by atoms with Crippen molar-refractivity contribution in [2.24, 2.45) is 0 Å².